The predicted molar refractivity (Wildman–Crippen MR) is 116 cm³/mol. The van der Waals surface area contributed by atoms with Crippen LogP contribution in [0.1, 0.15) is 34.6 Å². The first kappa shape index (κ1) is 31.3. The second-order valence-electron chi connectivity index (χ2n) is 8.52. The molecule has 16 nitrogen and oxygen atoms in total. The van der Waals surface area contributed by atoms with E-state index in [1.165, 1.54) is 0 Å². The molecule has 10 atom stereocenters. The van der Waals surface area contributed by atoms with Crippen molar-refractivity contribution >= 4 is 29.8 Å². The fraction of sp³-hybridized carbons (Fsp3) is 0.773. The van der Waals surface area contributed by atoms with Gasteiger partial charge in [-0.05, 0) is 0 Å². The zero-order chi connectivity index (χ0) is 28.7. The van der Waals surface area contributed by atoms with Crippen molar-refractivity contribution in [3.8, 4) is 0 Å². The van der Waals surface area contributed by atoms with E-state index in [0.717, 1.165) is 34.6 Å². The van der Waals surface area contributed by atoms with Crippen LogP contribution in [0.4, 0.5) is 0 Å². The SMILES string of the molecule is CC(=O)OC[C@H]1O[C@@H](O[C@H]2[C@H](OC(C)=O)[C@@H](OC(C)=O)C(O)O[C@@H]2COC(C)=O)[C@@H](O)[C@@H](O)[C@@H]1OC(C)=O. The molecule has 2 aliphatic rings. The number of aliphatic hydroxyl groups excluding tert-OH is 3. The maximum atomic E-state index is 11.9. The molecule has 0 aromatic rings. The Bertz CT molecular complexity index is 875. The molecule has 0 spiro atoms. The summed E-state index contributed by atoms with van der Waals surface area (Å²) in [4.78, 5) is 57.8. The number of esters is 5. The third kappa shape index (κ3) is 8.57. The van der Waals surface area contributed by atoms with E-state index in [9.17, 15) is 39.3 Å². The first-order valence-corrected chi connectivity index (χ1v) is 11.5. The monoisotopic (exact) mass is 552 g/mol. The topological polar surface area (TPSA) is 220 Å². The minimum absolute atomic E-state index is 0.517. The third-order valence-corrected chi connectivity index (χ3v) is 5.35. The molecule has 0 amide bonds. The Hall–Kier alpha value is -2.89. The van der Waals surface area contributed by atoms with E-state index in [4.69, 9.17) is 37.9 Å². The van der Waals surface area contributed by atoms with Gasteiger partial charge in [0.1, 0.15) is 43.7 Å². The smallest absolute Gasteiger partial charge is 0.303 e. The molecule has 3 N–H and O–H groups in total. The molecule has 0 radical (unpaired) electrons. The molecule has 2 aliphatic heterocycles. The van der Waals surface area contributed by atoms with Gasteiger partial charge in [0.25, 0.3) is 0 Å². The second kappa shape index (κ2) is 13.8. The van der Waals surface area contributed by atoms with Crippen molar-refractivity contribution in [2.24, 2.45) is 0 Å². The lowest BCUT2D eigenvalue weighted by molar-refractivity contribution is -0.356. The van der Waals surface area contributed by atoms with Crippen LogP contribution in [-0.4, -0.2) is 120 Å². The highest BCUT2D eigenvalue weighted by molar-refractivity contribution is 5.68. The number of carbonyl (C=O) groups is 5. The van der Waals surface area contributed by atoms with E-state index >= 15 is 0 Å². The molecule has 2 saturated heterocycles. The number of rotatable bonds is 9. The van der Waals surface area contributed by atoms with E-state index < -0.39 is 104 Å². The number of ether oxygens (including phenoxy) is 8. The fourth-order valence-corrected chi connectivity index (χ4v) is 3.88. The molecular formula is C22H32O16. The van der Waals surface area contributed by atoms with Crippen LogP contribution in [-0.2, 0) is 61.9 Å². The number of hydrogen-bond acceptors (Lipinski definition) is 16. The van der Waals surface area contributed by atoms with Gasteiger partial charge in [-0.3, -0.25) is 24.0 Å². The Labute approximate surface area is 216 Å². The first-order chi connectivity index (χ1) is 17.7. The van der Waals surface area contributed by atoms with Crippen LogP contribution in [0.3, 0.4) is 0 Å². The molecule has 2 heterocycles. The molecule has 38 heavy (non-hydrogen) atoms. The van der Waals surface area contributed by atoms with E-state index in [0.29, 0.717) is 0 Å². The van der Waals surface area contributed by atoms with Crippen LogP contribution < -0.4 is 0 Å². The molecule has 0 bridgehead atoms. The molecule has 0 aromatic heterocycles. The van der Waals surface area contributed by atoms with E-state index in [-0.39, 0.29) is 0 Å². The van der Waals surface area contributed by atoms with Gasteiger partial charge in [0, 0.05) is 34.6 Å². The summed E-state index contributed by atoms with van der Waals surface area (Å²) in [6.07, 6.45) is -16.2. The van der Waals surface area contributed by atoms with Crippen LogP contribution in [0.5, 0.6) is 0 Å². The van der Waals surface area contributed by atoms with Gasteiger partial charge in [0.2, 0.25) is 0 Å². The van der Waals surface area contributed by atoms with Crippen LogP contribution in [0, 0.1) is 0 Å². The Kier molecular flexibility index (Phi) is 11.4. The van der Waals surface area contributed by atoms with Crippen molar-refractivity contribution in [1.82, 2.24) is 0 Å². The number of carbonyl (C=O) groups excluding carboxylic acids is 5. The van der Waals surface area contributed by atoms with Crippen LogP contribution in [0.25, 0.3) is 0 Å². The molecule has 0 saturated carbocycles. The van der Waals surface area contributed by atoms with Crippen LogP contribution >= 0.6 is 0 Å². The molecule has 16 heteroatoms. The Morgan fingerprint density at radius 1 is 0.579 bits per heavy atom. The minimum atomic E-state index is -1.89. The zero-order valence-electron chi connectivity index (χ0n) is 21.3. The van der Waals surface area contributed by atoms with Gasteiger partial charge in [-0.25, -0.2) is 0 Å². The predicted octanol–water partition coefficient (Wildman–Crippen LogP) is -2.54. The molecule has 216 valence electrons. The minimum Gasteiger partial charge on any atom is -0.463 e. The largest absolute Gasteiger partial charge is 0.463 e. The van der Waals surface area contributed by atoms with Crippen molar-refractivity contribution < 1.29 is 77.2 Å². The van der Waals surface area contributed by atoms with Gasteiger partial charge in [0.15, 0.2) is 30.9 Å². The van der Waals surface area contributed by atoms with Gasteiger partial charge >= 0.3 is 29.8 Å². The maximum Gasteiger partial charge on any atom is 0.303 e. The number of hydrogen-bond donors (Lipinski definition) is 3. The first-order valence-electron chi connectivity index (χ1n) is 11.5. The standard InChI is InChI=1S/C22H32O16/c1-8(23)31-6-13-17(33-10(3)25)15(28)16(29)22(37-13)38-18-14(7-32-9(2)24)36-21(30)20(35-12(5)27)19(18)34-11(4)26/h13-22,28-30H,6-7H2,1-5H3/t13-,14-,15-,16+,17-,18-,19+,20-,21?,22+/m1/s1. The van der Waals surface area contributed by atoms with Gasteiger partial charge in [0.05, 0.1) is 0 Å². The van der Waals surface area contributed by atoms with E-state index in [1.54, 1.807) is 0 Å². The Morgan fingerprint density at radius 2 is 1.03 bits per heavy atom. The van der Waals surface area contributed by atoms with Crippen molar-refractivity contribution in [3.05, 3.63) is 0 Å². The summed E-state index contributed by atoms with van der Waals surface area (Å²) >= 11 is 0. The summed E-state index contributed by atoms with van der Waals surface area (Å²) in [5.41, 5.74) is 0. The lowest BCUT2D eigenvalue weighted by Crippen LogP contribution is -2.66. The quantitative estimate of drug-likeness (QED) is 0.198. The zero-order valence-corrected chi connectivity index (χ0v) is 21.3. The average molecular weight is 552 g/mol. The third-order valence-electron chi connectivity index (χ3n) is 5.35. The summed E-state index contributed by atoms with van der Waals surface area (Å²) < 4.78 is 42.0. The lowest BCUT2D eigenvalue weighted by Gasteiger charge is -2.47. The lowest BCUT2D eigenvalue weighted by atomic mass is 9.96. The molecule has 2 rings (SSSR count). The van der Waals surface area contributed by atoms with Crippen molar-refractivity contribution in [2.75, 3.05) is 13.2 Å². The van der Waals surface area contributed by atoms with Gasteiger partial charge in [-0.15, -0.1) is 0 Å². The summed E-state index contributed by atoms with van der Waals surface area (Å²) in [5.74, 6) is -4.03. The molecule has 0 aliphatic carbocycles. The van der Waals surface area contributed by atoms with Crippen molar-refractivity contribution in [1.29, 1.82) is 0 Å². The molecule has 0 aromatic carbocycles. The second-order valence-corrected chi connectivity index (χ2v) is 8.52. The highest BCUT2D eigenvalue weighted by Crippen LogP contribution is 2.32. The van der Waals surface area contributed by atoms with Gasteiger partial charge < -0.3 is 53.2 Å². The normalized spacial score (nSPS) is 34.9. The maximum absolute atomic E-state index is 11.9. The summed E-state index contributed by atoms with van der Waals surface area (Å²) in [7, 11) is 0. The number of aliphatic hydroxyl groups is 3. The highest BCUT2D eigenvalue weighted by Gasteiger charge is 2.54. The van der Waals surface area contributed by atoms with Gasteiger partial charge in [-0.2, -0.15) is 0 Å². The van der Waals surface area contributed by atoms with E-state index in [1.807, 2.05) is 0 Å². The molecular weight excluding hydrogens is 520 g/mol. The summed E-state index contributed by atoms with van der Waals surface area (Å²) in [5, 5.41) is 31.8. The van der Waals surface area contributed by atoms with Gasteiger partial charge in [-0.1, -0.05) is 0 Å². The van der Waals surface area contributed by atoms with Crippen molar-refractivity contribution in [3.63, 3.8) is 0 Å². The fourth-order valence-electron chi connectivity index (χ4n) is 3.88. The van der Waals surface area contributed by atoms with Crippen LogP contribution in [0.15, 0.2) is 0 Å². The summed E-state index contributed by atoms with van der Waals surface area (Å²) in [6, 6.07) is 0. The Balaban J connectivity index is 2.42. The van der Waals surface area contributed by atoms with Crippen molar-refractivity contribution in [2.45, 2.75) is 96.0 Å². The Morgan fingerprint density at radius 3 is 1.50 bits per heavy atom. The highest BCUT2D eigenvalue weighted by atomic mass is 16.7. The summed E-state index contributed by atoms with van der Waals surface area (Å²) in [6.45, 7) is 4.24. The van der Waals surface area contributed by atoms with Crippen LogP contribution in [0.2, 0.25) is 0 Å². The molecule has 1 unspecified atom stereocenters. The van der Waals surface area contributed by atoms with E-state index in [2.05, 4.69) is 0 Å². The molecule has 2 fully saturated rings. The average Bonchev–Trinajstić information content (AvgIpc) is 2.79.